The number of aryl methyl sites for hydroxylation is 1. The van der Waals surface area contributed by atoms with Gasteiger partial charge in [-0.15, -0.1) is 35.3 Å². The Kier molecular flexibility index (Phi) is 7.59. The summed E-state index contributed by atoms with van der Waals surface area (Å²) in [6.45, 7) is 5.48. The van der Waals surface area contributed by atoms with Gasteiger partial charge < -0.3 is 10.2 Å². The molecule has 2 fully saturated rings. The van der Waals surface area contributed by atoms with Gasteiger partial charge in [0.25, 0.3) is 0 Å². The molecular weight excluding hydrogens is 419 g/mol. The molecule has 130 valence electrons. The summed E-state index contributed by atoms with van der Waals surface area (Å²) in [4.78, 5) is 11.6. The smallest absolute Gasteiger partial charge is 0.193 e. The number of nitrogens with zero attached hydrogens (tertiary/aromatic N) is 3. The predicted octanol–water partition coefficient (Wildman–Crippen LogP) is 3.56. The van der Waals surface area contributed by atoms with Gasteiger partial charge in [-0.05, 0) is 31.1 Å². The average Bonchev–Trinajstić information content (AvgIpc) is 3.17. The quantitative estimate of drug-likeness (QED) is 0.435. The normalized spacial score (nSPS) is 24.3. The van der Waals surface area contributed by atoms with Gasteiger partial charge in [0.2, 0.25) is 0 Å². The van der Waals surface area contributed by atoms with E-state index in [0.29, 0.717) is 0 Å². The van der Waals surface area contributed by atoms with Crippen LogP contribution in [0.4, 0.5) is 0 Å². The van der Waals surface area contributed by atoms with Crippen LogP contribution >= 0.6 is 35.3 Å². The van der Waals surface area contributed by atoms with Crippen molar-refractivity contribution in [3.63, 3.8) is 0 Å². The van der Waals surface area contributed by atoms with Crippen molar-refractivity contribution < 1.29 is 0 Å². The number of rotatable bonds is 4. The minimum atomic E-state index is 0. The van der Waals surface area contributed by atoms with Crippen LogP contribution in [0.25, 0.3) is 0 Å². The van der Waals surface area contributed by atoms with Gasteiger partial charge in [0.05, 0.1) is 10.7 Å². The Bertz CT molecular complexity index is 502. The lowest BCUT2D eigenvalue weighted by atomic mass is 9.82. The standard InChI is InChI=1S/C17H28N4S.HI/c1-3-16-20-15(12-22-16)8-9-19-17(18-2)21-10-13-6-4-5-7-14(13)11-21;/h12-14H,3-11H2,1-2H3,(H,18,19);1H. The van der Waals surface area contributed by atoms with Crippen LogP contribution in [0.2, 0.25) is 0 Å². The highest BCUT2D eigenvalue weighted by molar-refractivity contribution is 14.0. The van der Waals surface area contributed by atoms with Crippen LogP contribution in [0.3, 0.4) is 0 Å². The highest BCUT2D eigenvalue weighted by Crippen LogP contribution is 2.35. The zero-order valence-electron chi connectivity index (χ0n) is 14.3. The number of likely N-dealkylation sites (tertiary alicyclic amines) is 1. The molecule has 1 saturated heterocycles. The topological polar surface area (TPSA) is 40.5 Å². The van der Waals surface area contributed by atoms with Crippen molar-refractivity contribution in [2.75, 3.05) is 26.7 Å². The third-order valence-electron chi connectivity index (χ3n) is 5.05. The Balaban J connectivity index is 0.00000192. The zero-order valence-corrected chi connectivity index (χ0v) is 17.4. The van der Waals surface area contributed by atoms with Crippen molar-refractivity contribution in [1.82, 2.24) is 15.2 Å². The van der Waals surface area contributed by atoms with Crippen molar-refractivity contribution in [3.05, 3.63) is 16.1 Å². The number of thiazole rings is 1. The summed E-state index contributed by atoms with van der Waals surface area (Å²) in [5, 5.41) is 6.96. The van der Waals surface area contributed by atoms with Crippen molar-refractivity contribution in [3.8, 4) is 0 Å². The number of halogens is 1. The Labute approximate surface area is 161 Å². The van der Waals surface area contributed by atoms with E-state index in [2.05, 4.69) is 32.5 Å². The maximum atomic E-state index is 4.63. The van der Waals surface area contributed by atoms with Gasteiger partial charge in [0, 0.05) is 38.5 Å². The molecule has 6 heteroatoms. The van der Waals surface area contributed by atoms with Crippen LogP contribution in [0, 0.1) is 11.8 Å². The van der Waals surface area contributed by atoms with Crippen LogP contribution < -0.4 is 5.32 Å². The predicted molar refractivity (Wildman–Crippen MR) is 109 cm³/mol. The van der Waals surface area contributed by atoms with E-state index in [4.69, 9.17) is 0 Å². The van der Waals surface area contributed by atoms with Crippen LogP contribution in [0.5, 0.6) is 0 Å². The van der Waals surface area contributed by atoms with E-state index < -0.39 is 0 Å². The van der Waals surface area contributed by atoms with E-state index in [0.717, 1.165) is 37.2 Å². The van der Waals surface area contributed by atoms with E-state index in [9.17, 15) is 0 Å². The van der Waals surface area contributed by atoms with Gasteiger partial charge in [0.1, 0.15) is 0 Å². The fourth-order valence-electron chi connectivity index (χ4n) is 3.84. The first-order chi connectivity index (χ1) is 10.8. The fourth-order valence-corrected chi connectivity index (χ4v) is 4.62. The molecule has 23 heavy (non-hydrogen) atoms. The third-order valence-corrected chi connectivity index (χ3v) is 6.10. The number of fused-ring (bicyclic) bond motifs is 1. The molecule has 0 radical (unpaired) electrons. The molecule has 2 unspecified atom stereocenters. The molecule has 3 rings (SSSR count). The largest absolute Gasteiger partial charge is 0.356 e. The molecule has 1 aromatic heterocycles. The zero-order chi connectivity index (χ0) is 15.4. The summed E-state index contributed by atoms with van der Waals surface area (Å²) in [5.41, 5.74) is 1.21. The van der Waals surface area contributed by atoms with Crippen molar-refractivity contribution in [1.29, 1.82) is 0 Å². The highest BCUT2D eigenvalue weighted by Gasteiger charge is 2.35. The summed E-state index contributed by atoms with van der Waals surface area (Å²) >= 11 is 1.77. The SMILES string of the molecule is CCc1nc(CCNC(=NC)N2CC3CCCCC3C2)cs1.I. The lowest BCUT2D eigenvalue weighted by Crippen LogP contribution is -2.41. The maximum absolute atomic E-state index is 4.63. The second-order valence-corrected chi connectivity index (χ2v) is 7.46. The third kappa shape index (κ3) is 4.81. The molecule has 2 aliphatic rings. The van der Waals surface area contributed by atoms with E-state index in [1.807, 2.05) is 7.05 Å². The summed E-state index contributed by atoms with van der Waals surface area (Å²) in [6.07, 6.45) is 7.69. The molecule has 4 nitrogen and oxygen atoms in total. The molecule has 0 spiro atoms. The van der Waals surface area contributed by atoms with Crippen LogP contribution in [0.15, 0.2) is 10.4 Å². The summed E-state index contributed by atoms with van der Waals surface area (Å²) in [6, 6.07) is 0. The number of aliphatic imine (C=N–C) groups is 1. The number of guanidine groups is 1. The van der Waals surface area contributed by atoms with E-state index in [1.54, 1.807) is 11.3 Å². The first-order valence-corrected chi connectivity index (χ1v) is 9.57. The van der Waals surface area contributed by atoms with Gasteiger partial charge in [-0.25, -0.2) is 4.98 Å². The molecule has 1 N–H and O–H groups in total. The van der Waals surface area contributed by atoms with Gasteiger partial charge in [0.15, 0.2) is 5.96 Å². The summed E-state index contributed by atoms with van der Waals surface area (Å²) < 4.78 is 0. The molecule has 1 aromatic rings. The van der Waals surface area contributed by atoms with Crippen molar-refractivity contribution in [2.45, 2.75) is 45.4 Å². The lowest BCUT2D eigenvalue weighted by Gasteiger charge is -2.22. The van der Waals surface area contributed by atoms with Crippen LogP contribution in [0.1, 0.15) is 43.3 Å². The molecule has 1 aliphatic heterocycles. The number of nitrogens with one attached hydrogen (secondary N) is 1. The molecule has 1 aliphatic carbocycles. The number of hydrogen-bond donors (Lipinski definition) is 1. The van der Waals surface area contributed by atoms with Gasteiger partial charge in [-0.1, -0.05) is 19.8 Å². The molecule has 1 saturated carbocycles. The van der Waals surface area contributed by atoms with Gasteiger partial charge in [-0.3, -0.25) is 4.99 Å². The highest BCUT2D eigenvalue weighted by atomic mass is 127. The monoisotopic (exact) mass is 448 g/mol. The van der Waals surface area contributed by atoms with Gasteiger partial charge in [-0.2, -0.15) is 0 Å². The van der Waals surface area contributed by atoms with E-state index in [-0.39, 0.29) is 24.0 Å². The Morgan fingerprint density at radius 2 is 2.04 bits per heavy atom. The van der Waals surface area contributed by atoms with Crippen molar-refractivity contribution >= 4 is 41.3 Å². The summed E-state index contributed by atoms with van der Waals surface area (Å²) in [7, 11) is 1.91. The second kappa shape index (κ2) is 9.20. The summed E-state index contributed by atoms with van der Waals surface area (Å²) in [5.74, 6) is 2.89. The minimum absolute atomic E-state index is 0. The number of hydrogen-bond acceptors (Lipinski definition) is 3. The van der Waals surface area contributed by atoms with Crippen LogP contribution in [-0.2, 0) is 12.8 Å². The minimum Gasteiger partial charge on any atom is -0.356 e. The number of aromatic nitrogens is 1. The molecule has 0 amide bonds. The molecule has 0 aromatic carbocycles. The van der Waals surface area contributed by atoms with Crippen LogP contribution in [-0.4, -0.2) is 42.5 Å². The Morgan fingerprint density at radius 3 is 2.61 bits per heavy atom. The van der Waals surface area contributed by atoms with Crippen molar-refractivity contribution in [2.24, 2.45) is 16.8 Å². The fraction of sp³-hybridized carbons (Fsp3) is 0.765. The molecule has 2 heterocycles. The first-order valence-electron chi connectivity index (χ1n) is 8.69. The molecule has 2 atom stereocenters. The molecule has 0 bridgehead atoms. The Hall–Kier alpha value is -0.370. The lowest BCUT2D eigenvalue weighted by molar-refractivity contribution is 0.299. The van der Waals surface area contributed by atoms with E-state index >= 15 is 0 Å². The van der Waals surface area contributed by atoms with Gasteiger partial charge >= 0.3 is 0 Å². The first kappa shape index (κ1) is 19.0. The molecular formula is C17H29IN4S. The maximum Gasteiger partial charge on any atom is 0.193 e. The van der Waals surface area contributed by atoms with E-state index in [1.165, 1.54) is 49.5 Å². The average molecular weight is 448 g/mol. The second-order valence-electron chi connectivity index (χ2n) is 6.52. The Morgan fingerprint density at radius 1 is 1.35 bits per heavy atom.